The Labute approximate surface area is 120 Å². The first-order chi connectivity index (χ1) is 9.47. The molecule has 0 aliphatic carbocycles. The minimum atomic E-state index is -0.568. The van der Waals surface area contributed by atoms with Gasteiger partial charge in [0, 0.05) is 12.6 Å². The first-order valence-corrected chi connectivity index (χ1v) is 6.76. The van der Waals surface area contributed by atoms with Crippen molar-refractivity contribution in [2.75, 3.05) is 14.2 Å². The van der Waals surface area contributed by atoms with Crippen LogP contribution in [0.25, 0.3) is 0 Å². The van der Waals surface area contributed by atoms with Crippen LogP contribution in [0.15, 0.2) is 18.2 Å². The Morgan fingerprint density at radius 2 is 1.95 bits per heavy atom. The lowest BCUT2D eigenvalue weighted by atomic mass is 10.2. The molecular formula is C15H24N2O3. The second-order valence-electron chi connectivity index (χ2n) is 4.94. The molecule has 0 aliphatic heterocycles. The van der Waals surface area contributed by atoms with E-state index >= 15 is 0 Å². The van der Waals surface area contributed by atoms with Gasteiger partial charge in [0.1, 0.15) is 0 Å². The SMILES string of the molecule is CNCc1ccc(OC(C)C(=O)NC(C)C)c(OC)c1. The van der Waals surface area contributed by atoms with Crippen molar-refractivity contribution in [1.29, 1.82) is 0 Å². The van der Waals surface area contributed by atoms with Crippen molar-refractivity contribution in [3.8, 4) is 11.5 Å². The molecule has 0 spiro atoms. The molecule has 0 bridgehead atoms. The summed E-state index contributed by atoms with van der Waals surface area (Å²) in [6, 6.07) is 5.76. The van der Waals surface area contributed by atoms with Crippen molar-refractivity contribution in [2.24, 2.45) is 0 Å². The number of carbonyl (C=O) groups excluding carboxylic acids is 1. The lowest BCUT2D eigenvalue weighted by Crippen LogP contribution is -2.40. The smallest absolute Gasteiger partial charge is 0.260 e. The van der Waals surface area contributed by atoms with Gasteiger partial charge in [-0.15, -0.1) is 0 Å². The van der Waals surface area contributed by atoms with Gasteiger partial charge in [-0.3, -0.25) is 4.79 Å². The largest absolute Gasteiger partial charge is 0.493 e. The van der Waals surface area contributed by atoms with Crippen LogP contribution in [0, 0.1) is 0 Å². The van der Waals surface area contributed by atoms with Crippen LogP contribution in [0.1, 0.15) is 26.3 Å². The summed E-state index contributed by atoms with van der Waals surface area (Å²) in [4.78, 5) is 11.8. The molecule has 1 aromatic carbocycles. The third kappa shape index (κ3) is 4.74. The maximum absolute atomic E-state index is 11.8. The fourth-order valence-electron chi connectivity index (χ4n) is 1.77. The Morgan fingerprint density at radius 1 is 1.25 bits per heavy atom. The van der Waals surface area contributed by atoms with Crippen molar-refractivity contribution >= 4 is 5.91 Å². The second-order valence-corrected chi connectivity index (χ2v) is 4.94. The first kappa shape index (κ1) is 16.3. The summed E-state index contributed by atoms with van der Waals surface area (Å²) in [5.41, 5.74) is 1.09. The van der Waals surface area contributed by atoms with Crippen LogP contribution in [-0.2, 0) is 11.3 Å². The van der Waals surface area contributed by atoms with Gasteiger partial charge in [0.25, 0.3) is 5.91 Å². The molecule has 0 saturated carbocycles. The fraction of sp³-hybridized carbons (Fsp3) is 0.533. The van der Waals surface area contributed by atoms with E-state index < -0.39 is 6.10 Å². The number of methoxy groups -OCH3 is 1. The van der Waals surface area contributed by atoms with E-state index in [0.29, 0.717) is 11.5 Å². The van der Waals surface area contributed by atoms with Gasteiger partial charge >= 0.3 is 0 Å². The van der Waals surface area contributed by atoms with E-state index in [4.69, 9.17) is 9.47 Å². The van der Waals surface area contributed by atoms with E-state index in [1.807, 2.05) is 39.1 Å². The predicted molar refractivity (Wildman–Crippen MR) is 79.1 cm³/mol. The zero-order valence-corrected chi connectivity index (χ0v) is 12.8. The maximum atomic E-state index is 11.8. The van der Waals surface area contributed by atoms with Gasteiger partial charge < -0.3 is 20.1 Å². The highest BCUT2D eigenvalue weighted by atomic mass is 16.5. The van der Waals surface area contributed by atoms with Gasteiger partial charge in [0.2, 0.25) is 0 Å². The van der Waals surface area contributed by atoms with Crippen LogP contribution >= 0.6 is 0 Å². The molecular weight excluding hydrogens is 256 g/mol. The molecule has 1 unspecified atom stereocenters. The third-order valence-electron chi connectivity index (χ3n) is 2.71. The number of benzene rings is 1. The molecule has 5 heteroatoms. The summed E-state index contributed by atoms with van der Waals surface area (Å²) in [6.07, 6.45) is -0.568. The number of hydrogen-bond donors (Lipinski definition) is 2. The highest BCUT2D eigenvalue weighted by Gasteiger charge is 2.17. The van der Waals surface area contributed by atoms with Crippen LogP contribution in [0.4, 0.5) is 0 Å². The summed E-state index contributed by atoms with van der Waals surface area (Å²) in [7, 11) is 3.47. The number of nitrogens with one attached hydrogen (secondary N) is 2. The molecule has 112 valence electrons. The standard InChI is InChI=1S/C15H24N2O3/c1-10(2)17-15(18)11(3)20-13-7-6-12(9-16-4)8-14(13)19-5/h6-8,10-11,16H,9H2,1-5H3,(H,17,18). The van der Waals surface area contributed by atoms with Crippen LogP contribution in [-0.4, -0.2) is 32.2 Å². The Kier molecular flexibility index (Phi) is 6.31. The zero-order valence-electron chi connectivity index (χ0n) is 12.8. The topological polar surface area (TPSA) is 59.6 Å². The summed E-state index contributed by atoms with van der Waals surface area (Å²) in [6.45, 7) is 6.30. The highest BCUT2D eigenvalue weighted by molar-refractivity contribution is 5.81. The van der Waals surface area contributed by atoms with Crippen molar-refractivity contribution in [3.05, 3.63) is 23.8 Å². The molecule has 0 saturated heterocycles. The number of ether oxygens (including phenoxy) is 2. The molecule has 0 fully saturated rings. The zero-order chi connectivity index (χ0) is 15.1. The Balaban J connectivity index is 2.78. The molecule has 1 amide bonds. The van der Waals surface area contributed by atoms with Gasteiger partial charge in [-0.2, -0.15) is 0 Å². The molecule has 1 atom stereocenters. The number of amides is 1. The number of rotatable bonds is 7. The third-order valence-corrected chi connectivity index (χ3v) is 2.71. The predicted octanol–water partition coefficient (Wildman–Crippen LogP) is 1.71. The molecule has 1 aromatic rings. The molecule has 0 aromatic heterocycles. The first-order valence-electron chi connectivity index (χ1n) is 6.76. The van der Waals surface area contributed by atoms with E-state index in [2.05, 4.69) is 10.6 Å². The van der Waals surface area contributed by atoms with Crippen LogP contribution in [0.3, 0.4) is 0 Å². The summed E-state index contributed by atoms with van der Waals surface area (Å²) in [5, 5.41) is 5.89. The van der Waals surface area contributed by atoms with E-state index in [-0.39, 0.29) is 11.9 Å². The second kappa shape index (κ2) is 7.75. The molecule has 2 N–H and O–H groups in total. The van der Waals surface area contributed by atoms with Gasteiger partial charge in [-0.1, -0.05) is 6.07 Å². The van der Waals surface area contributed by atoms with Gasteiger partial charge in [-0.05, 0) is 45.5 Å². The highest BCUT2D eigenvalue weighted by Crippen LogP contribution is 2.29. The average Bonchev–Trinajstić information content (AvgIpc) is 2.39. The van der Waals surface area contributed by atoms with E-state index in [0.717, 1.165) is 12.1 Å². The summed E-state index contributed by atoms with van der Waals surface area (Å²) >= 11 is 0. The minimum absolute atomic E-state index is 0.0912. The summed E-state index contributed by atoms with van der Waals surface area (Å²) < 4.78 is 11.0. The van der Waals surface area contributed by atoms with Gasteiger partial charge in [0.15, 0.2) is 17.6 Å². The molecule has 0 heterocycles. The number of hydrogen-bond acceptors (Lipinski definition) is 4. The molecule has 0 aliphatic rings. The van der Waals surface area contributed by atoms with E-state index in [1.165, 1.54) is 0 Å². The van der Waals surface area contributed by atoms with Gasteiger partial charge in [-0.25, -0.2) is 0 Å². The Morgan fingerprint density at radius 3 is 2.50 bits per heavy atom. The van der Waals surface area contributed by atoms with E-state index in [9.17, 15) is 4.79 Å². The fourth-order valence-corrected chi connectivity index (χ4v) is 1.77. The van der Waals surface area contributed by atoms with Gasteiger partial charge in [0.05, 0.1) is 7.11 Å². The van der Waals surface area contributed by atoms with Crippen LogP contribution in [0.2, 0.25) is 0 Å². The Bertz CT molecular complexity index is 447. The van der Waals surface area contributed by atoms with Crippen molar-refractivity contribution in [2.45, 2.75) is 39.5 Å². The summed E-state index contributed by atoms with van der Waals surface area (Å²) in [5.74, 6) is 1.06. The van der Waals surface area contributed by atoms with Crippen molar-refractivity contribution in [3.63, 3.8) is 0 Å². The van der Waals surface area contributed by atoms with Crippen LogP contribution in [0.5, 0.6) is 11.5 Å². The maximum Gasteiger partial charge on any atom is 0.260 e. The van der Waals surface area contributed by atoms with E-state index in [1.54, 1.807) is 14.0 Å². The monoisotopic (exact) mass is 280 g/mol. The lowest BCUT2D eigenvalue weighted by molar-refractivity contribution is -0.127. The Hall–Kier alpha value is -1.75. The molecule has 20 heavy (non-hydrogen) atoms. The molecule has 0 radical (unpaired) electrons. The van der Waals surface area contributed by atoms with Crippen LogP contribution < -0.4 is 20.1 Å². The quantitative estimate of drug-likeness (QED) is 0.798. The molecule has 5 nitrogen and oxygen atoms in total. The average molecular weight is 280 g/mol. The normalized spacial score (nSPS) is 12.1. The molecule has 1 rings (SSSR count). The van der Waals surface area contributed by atoms with Crippen molar-refractivity contribution in [1.82, 2.24) is 10.6 Å². The lowest BCUT2D eigenvalue weighted by Gasteiger charge is -2.18. The van der Waals surface area contributed by atoms with Crippen molar-refractivity contribution < 1.29 is 14.3 Å². The minimum Gasteiger partial charge on any atom is -0.493 e. The number of carbonyl (C=O) groups is 1.